The number of hydrogen-bond donors (Lipinski definition) is 0. The van der Waals surface area contributed by atoms with Crippen molar-refractivity contribution in [3.05, 3.63) is 51.2 Å². The number of pyridine rings is 1. The number of halogens is 1. The van der Waals surface area contributed by atoms with Crippen molar-refractivity contribution in [1.29, 1.82) is 0 Å². The van der Waals surface area contributed by atoms with Gasteiger partial charge in [-0.15, -0.1) is 0 Å². The lowest BCUT2D eigenvalue weighted by Gasteiger charge is -2.09. The first-order valence-electron chi connectivity index (χ1n) is 5.54. The smallest absolute Gasteiger partial charge is 0.271 e. The fraction of sp³-hybridized carbons (Fsp3) is 0.0833. The number of nitro groups is 1. The highest BCUT2D eigenvalue weighted by Gasteiger charge is 2.20. The number of hydrogen-bond acceptors (Lipinski definition) is 6. The maximum atomic E-state index is 11.8. The molecule has 0 saturated carbocycles. The average molecular weight is 373 g/mol. The van der Waals surface area contributed by atoms with Crippen LogP contribution in [-0.4, -0.2) is 24.6 Å². The van der Waals surface area contributed by atoms with Crippen LogP contribution in [0.5, 0.6) is 11.5 Å². The molecule has 110 valence electrons. The summed E-state index contributed by atoms with van der Waals surface area (Å²) in [4.78, 5) is 13.7. The molecule has 2 aromatic rings. The highest BCUT2D eigenvalue weighted by atomic mass is 79.9. The quantitative estimate of drug-likeness (QED) is 0.604. The second kappa shape index (κ2) is 5.78. The van der Waals surface area contributed by atoms with Gasteiger partial charge in [-0.05, 0) is 28.1 Å². The van der Waals surface area contributed by atoms with E-state index >= 15 is 0 Å². The normalized spacial score (nSPS) is 11.1. The van der Waals surface area contributed by atoms with E-state index in [1.165, 1.54) is 18.3 Å². The van der Waals surface area contributed by atoms with Gasteiger partial charge in [0.2, 0.25) is 0 Å². The van der Waals surface area contributed by atoms with Crippen molar-refractivity contribution in [3.63, 3.8) is 0 Å². The summed E-state index contributed by atoms with van der Waals surface area (Å²) >= 11 is 3.21. The van der Waals surface area contributed by atoms with Gasteiger partial charge in [0.25, 0.3) is 5.69 Å². The molecule has 0 amide bonds. The Kier molecular flexibility index (Phi) is 4.24. The second-order valence-electron chi connectivity index (χ2n) is 4.10. The molecule has 0 aliphatic carbocycles. The lowest BCUT2D eigenvalue weighted by Crippen LogP contribution is -2.02. The third-order valence-electron chi connectivity index (χ3n) is 2.45. The zero-order chi connectivity index (χ0) is 15.6. The molecule has 2 rings (SSSR count). The van der Waals surface area contributed by atoms with Crippen LogP contribution < -0.4 is 4.74 Å². The number of nitro benzene ring substituents is 1. The van der Waals surface area contributed by atoms with E-state index in [-0.39, 0.29) is 16.3 Å². The fourth-order valence-corrected chi connectivity index (χ4v) is 2.71. The number of rotatable bonds is 4. The molecule has 0 fully saturated rings. The van der Waals surface area contributed by atoms with Crippen molar-refractivity contribution in [3.8, 4) is 11.5 Å². The average Bonchev–Trinajstić information content (AvgIpc) is 2.37. The van der Waals surface area contributed by atoms with Gasteiger partial charge in [-0.2, -0.15) is 0 Å². The predicted molar refractivity (Wildman–Crippen MR) is 78.2 cm³/mol. The fourth-order valence-electron chi connectivity index (χ4n) is 1.56. The summed E-state index contributed by atoms with van der Waals surface area (Å²) in [5, 5.41) is 10.7. The minimum atomic E-state index is -3.68. The molecule has 0 unspecified atom stereocenters. The largest absolute Gasteiger partial charge is 0.454 e. The van der Waals surface area contributed by atoms with Crippen molar-refractivity contribution in [2.45, 2.75) is 4.90 Å². The van der Waals surface area contributed by atoms with Crippen LogP contribution in [0, 0.1) is 10.1 Å². The molecular weight excluding hydrogens is 364 g/mol. The van der Waals surface area contributed by atoms with Crippen LogP contribution in [0.4, 0.5) is 5.69 Å². The van der Waals surface area contributed by atoms with Gasteiger partial charge in [0.1, 0.15) is 16.4 Å². The van der Waals surface area contributed by atoms with E-state index < -0.39 is 14.8 Å². The summed E-state index contributed by atoms with van der Waals surface area (Å²) in [5.41, 5.74) is -0.324. The third kappa shape index (κ3) is 3.76. The summed E-state index contributed by atoms with van der Waals surface area (Å²) in [7, 11) is -3.68. The monoisotopic (exact) mass is 372 g/mol. The van der Waals surface area contributed by atoms with E-state index in [9.17, 15) is 18.5 Å². The molecule has 0 aliphatic rings. The van der Waals surface area contributed by atoms with E-state index in [4.69, 9.17) is 4.74 Å². The minimum Gasteiger partial charge on any atom is -0.454 e. The minimum absolute atomic E-state index is 0.00278. The second-order valence-corrected chi connectivity index (χ2v) is 7.00. The SMILES string of the molecule is CS(=O)(=O)c1cc([N+](=O)[O-])ccc1Oc1cncc(Br)c1. The molecule has 0 atom stereocenters. The summed E-state index contributed by atoms with van der Waals surface area (Å²) in [5.74, 6) is 0.311. The number of sulfone groups is 1. The topological polar surface area (TPSA) is 99.4 Å². The first-order valence-corrected chi connectivity index (χ1v) is 8.23. The van der Waals surface area contributed by atoms with E-state index in [0.717, 1.165) is 12.3 Å². The van der Waals surface area contributed by atoms with Crippen molar-refractivity contribution in [2.24, 2.45) is 0 Å². The molecule has 0 saturated heterocycles. The van der Waals surface area contributed by atoms with Gasteiger partial charge in [0, 0.05) is 29.1 Å². The Labute approximate surface area is 128 Å². The molecule has 7 nitrogen and oxygen atoms in total. The molecule has 0 spiro atoms. The Morgan fingerprint density at radius 2 is 2.00 bits per heavy atom. The zero-order valence-electron chi connectivity index (χ0n) is 10.7. The molecule has 1 heterocycles. The van der Waals surface area contributed by atoms with E-state index in [1.807, 2.05) is 0 Å². The highest BCUT2D eigenvalue weighted by Crippen LogP contribution is 2.32. The number of benzene rings is 1. The summed E-state index contributed by atoms with van der Waals surface area (Å²) in [6.45, 7) is 0. The number of non-ortho nitro benzene ring substituents is 1. The molecule has 0 bridgehead atoms. The van der Waals surface area contributed by atoms with Crippen LogP contribution in [-0.2, 0) is 9.84 Å². The Morgan fingerprint density at radius 3 is 2.57 bits per heavy atom. The van der Waals surface area contributed by atoms with Crippen LogP contribution in [0.1, 0.15) is 0 Å². The van der Waals surface area contributed by atoms with Crippen LogP contribution in [0.15, 0.2) is 46.0 Å². The molecule has 0 N–H and O–H groups in total. The summed E-state index contributed by atoms with van der Waals surface area (Å²) in [6.07, 6.45) is 3.90. The maximum absolute atomic E-state index is 11.8. The Hall–Kier alpha value is -2.00. The van der Waals surface area contributed by atoms with Crippen molar-refractivity contribution < 1.29 is 18.1 Å². The molecule has 0 aliphatic heterocycles. The Balaban J connectivity index is 2.51. The number of aromatic nitrogens is 1. The maximum Gasteiger partial charge on any atom is 0.271 e. The van der Waals surface area contributed by atoms with Gasteiger partial charge < -0.3 is 4.74 Å². The number of ether oxygens (including phenoxy) is 1. The van der Waals surface area contributed by atoms with Crippen molar-refractivity contribution in [2.75, 3.05) is 6.26 Å². The molecule has 9 heteroatoms. The van der Waals surface area contributed by atoms with Gasteiger partial charge in [0.15, 0.2) is 9.84 Å². The van der Waals surface area contributed by atoms with E-state index in [0.29, 0.717) is 10.2 Å². The molecular formula is C12H9BrN2O5S. The predicted octanol–water partition coefficient (Wildman–Crippen LogP) is 2.95. The first-order chi connectivity index (χ1) is 9.77. The standard InChI is InChI=1S/C12H9BrN2O5S/c1-21(18,19)12-5-9(15(16)17)2-3-11(12)20-10-4-8(13)6-14-7-10/h2-7H,1H3. The summed E-state index contributed by atoms with van der Waals surface area (Å²) < 4.78 is 29.6. The van der Waals surface area contributed by atoms with Gasteiger partial charge in [-0.1, -0.05) is 0 Å². The number of nitrogens with zero attached hydrogens (tertiary/aromatic N) is 2. The van der Waals surface area contributed by atoms with Crippen LogP contribution >= 0.6 is 15.9 Å². The van der Waals surface area contributed by atoms with Crippen LogP contribution in [0.2, 0.25) is 0 Å². The van der Waals surface area contributed by atoms with E-state index in [2.05, 4.69) is 20.9 Å². The zero-order valence-corrected chi connectivity index (χ0v) is 13.1. The summed E-state index contributed by atoms with van der Waals surface area (Å²) in [6, 6.07) is 4.99. The lowest BCUT2D eigenvalue weighted by molar-refractivity contribution is -0.385. The third-order valence-corrected chi connectivity index (χ3v) is 4.00. The van der Waals surface area contributed by atoms with E-state index in [1.54, 1.807) is 12.3 Å². The first kappa shape index (κ1) is 15.4. The highest BCUT2D eigenvalue weighted by molar-refractivity contribution is 9.10. The molecule has 1 aromatic carbocycles. The van der Waals surface area contributed by atoms with Gasteiger partial charge in [-0.25, -0.2) is 8.42 Å². The molecule has 0 radical (unpaired) electrons. The van der Waals surface area contributed by atoms with Gasteiger partial charge in [-0.3, -0.25) is 15.1 Å². The molecule has 21 heavy (non-hydrogen) atoms. The van der Waals surface area contributed by atoms with Crippen LogP contribution in [0.25, 0.3) is 0 Å². The lowest BCUT2D eigenvalue weighted by atomic mass is 10.3. The van der Waals surface area contributed by atoms with Gasteiger partial charge in [0.05, 0.1) is 11.1 Å². The Bertz CT molecular complexity index is 807. The van der Waals surface area contributed by atoms with Crippen molar-refractivity contribution >= 4 is 31.5 Å². The molecule has 1 aromatic heterocycles. The Morgan fingerprint density at radius 1 is 1.29 bits per heavy atom. The van der Waals surface area contributed by atoms with Crippen molar-refractivity contribution in [1.82, 2.24) is 4.98 Å². The van der Waals surface area contributed by atoms with Gasteiger partial charge >= 0.3 is 0 Å². The van der Waals surface area contributed by atoms with Crippen LogP contribution in [0.3, 0.4) is 0 Å².